The van der Waals surface area contributed by atoms with E-state index >= 15 is 0 Å². The Morgan fingerprint density at radius 1 is 1.61 bits per heavy atom. The second-order valence-electron chi connectivity index (χ2n) is 4.30. The van der Waals surface area contributed by atoms with Crippen molar-refractivity contribution >= 4 is 17.2 Å². The van der Waals surface area contributed by atoms with Gasteiger partial charge in [-0.1, -0.05) is 6.07 Å². The maximum absolute atomic E-state index is 12.1. The molecule has 2 rings (SSSR count). The number of aryl methyl sites for hydroxylation is 1. The van der Waals surface area contributed by atoms with Crippen molar-refractivity contribution < 1.29 is 4.79 Å². The Balaban J connectivity index is 1.88. The fourth-order valence-electron chi connectivity index (χ4n) is 1.78. The zero-order valence-corrected chi connectivity index (χ0v) is 11.4. The fourth-order valence-corrected chi connectivity index (χ4v) is 2.60. The molecule has 0 spiro atoms. The lowest BCUT2D eigenvalue weighted by atomic mass is 10.1. The molecule has 0 saturated carbocycles. The third-order valence-electron chi connectivity index (χ3n) is 3.11. The first-order valence-corrected chi connectivity index (χ1v) is 6.83. The Hall–Kier alpha value is -1.62. The molecule has 2 aromatic heterocycles. The van der Waals surface area contributed by atoms with Crippen molar-refractivity contribution in [3.05, 3.63) is 40.3 Å². The molecule has 0 aliphatic rings. The van der Waals surface area contributed by atoms with Crippen LogP contribution in [-0.2, 0) is 11.2 Å². The molecule has 0 saturated heterocycles. The van der Waals surface area contributed by atoms with Gasteiger partial charge in [0.2, 0.25) is 5.91 Å². The van der Waals surface area contributed by atoms with E-state index < -0.39 is 0 Å². The van der Waals surface area contributed by atoms with Gasteiger partial charge < -0.3 is 4.90 Å². The Kier molecular flexibility index (Phi) is 4.15. The number of thiophene rings is 1. The van der Waals surface area contributed by atoms with Gasteiger partial charge in [0.15, 0.2) is 0 Å². The average Bonchev–Trinajstić information content (AvgIpc) is 3.06. The molecule has 0 radical (unpaired) electrons. The molecule has 5 heteroatoms. The van der Waals surface area contributed by atoms with Gasteiger partial charge in [0.25, 0.3) is 0 Å². The Morgan fingerprint density at radius 3 is 3.06 bits per heavy atom. The van der Waals surface area contributed by atoms with E-state index in [1.54, 1.807) is 17.5 Å². The second-order valence-corrected chi connectivity index (χ2v) is 5.28. The molecule has 0 aliphatic carbocycles. The maximum Gasteiger partial charge on any atom is 0.223 e. The second kappa shape index (κ2) is 5.82. The first-order valence-electron chi connectivity index (χ1n) is 5.95. The summed E-state index contributed by atoms with van der Waals surface area (Å²) in [6.07, 6.45) is 4.84. The molecule has 18 heavy (non-hydrogen) atoms. The molecule has 1 amide bonds. The van der Waals surface area contributed by atoms with E-state index in [9.17, 15) is 4.79 Å². The van der Waals surface area contributed by atoms with Crippen LogP contribution in [-0.4, -0.2) is 28.1 Å². The van der Waals surface area contributed by atoms with E-state index in [4.69, 9.17) is 0 Å². The first-order chi connectivity index (χ1) is 8.68. The lowest BCUT2D eigenvalue weighted by Gasteiger charge is -2.24. The highest BCUT2D eigenvalue weighted by Crippen LogP contribution is 2.23. The van der Waals surface area contributed by atoms with Crippen molar-refractivity contribution in [2.24, 2.45) is 0 Å². The SMILES string of the molecule is CC(c1cccs1)N(C)C(=O)CCc1cn[nH]c1. The molecule has 2 heterocycles. The third-order valence-corrected chi connectivity index (χ3v) is 4.15. The number of rotatable bonds is 5. The van der Waals surface area contributed by atoms with E-state index in [1.807, 2.05) is 29.6 Å². The van der Waals surface area contributed by atoms with Crippen LogP contribution < -0.4 is 0 Å². The minimum Gasteiger partial charge on any atom is -0.338 e. The zero-order valence-electron chi connectivity index (χ0n) is 10.6. The zero-order chi connectivity index (χ0) is 13.0. The third kappa shape index (κ3) is 2.98. The van der Waals surface area contributed by atoms with E-state index in [-0.39, 0.29) is 11.9 Å². The van der Waals surface area contributed by atoms with Crippen molar-refractivity contribution in [3.8, 4) is 0 Å². The van der Waals surface area contributed by atoms with Gasteiger partial charge >= 0.3 is 0 Å². The van der Waals surface area contributed by atoms with Crippen LogP contribution in [0.2, 0.25) is 0 Å². The normalized spacial score (nSPS) is 12.3. The van der Waals surface area contributed by atoms with Crippen LogP contribution in [0.1, 0.15) is 29.8 Å². The van der Waals surface area contributed by atoms with E-state index in [0.29, 0.717) is 6.42 Å². The van der Waals surface area contributed by atoms with Gasteiger partial charge in [-0.15, -0.1) is 11.3 Å². The largest absolute Gasteiger partial charge is 0.338 e. The summed E-state index contributed by atoms with van der Waals surface area (Å²) >= 11 is 1.68. The van der Waals surface area contributed by atoms with Crippen LogP contribution in [0.4, 0.5) is 0 Å². The number of hydrogen-bond donors (Lipinski definition) is 1. The van der Waals surface area contributed by atoms with Gasteiger partial charge in [-0.3, -0.25) is 9.89 Å². The summed E-state index contributed by atoms with van der Waals surface area (Å²) in [7, 11) is 1.86. The van der Waals surface area contributed by atoms with Crippen molar-refractivity contribution in [2.45, 2.75) is 25.8 Å². The molecule has 96 valence electrons. The van der Waals surface area contributed by atoms with Crippen molar-refractivity contribution in [1.29, 1.82) is 0 Å². The molecule has 0 aromatic carbocycles. The van der Waals surface area contributed by atoms with Gasteiger partial charge in [0.05, 0.1) is 12.2 Å². The van der Waals surface area contributed by atoms with Crippen LogP contribution in [0.5, 0.6) is 0 Å². The molecule has 0 fully saturated rings. The molecule has 0 bridgehead atoms. The number of aromatic amines is 1. The summed E-state index contributed by atoms with van der Waals surface area (Å²) in [5, 5.41) is 8.66. The molecular weight excluding hydrogens is 246 g/mol. The number of carbonyl (C=O) groups excluding carboxylic acids is 1. The van der Waals surface area contributed by atoms with Crippen LogP contribution in [0.25, 0.3) is 0 Å². The van der Waals surface area contributed by atoms with Gasteiger partial charge in [0, 0.05) is 24.5 Å². The first kappa shape index (κ1) is 12.8. The summed E-state index contributed by atoms with van der Waals surface area (Å²) in [5.74, 6) is 0.164. The minimum atomic E-state index is 0.141. The number of nitrogens with one attached hydrogen (secondary N) is 1. The molecule has 2 aromatic rings. The lowest BCUT2D eigenvalue weighted by molar-refractivity contribution is -0.131. The monoisotopic (exact) mass is 263 g/mol. The van der Waals surface area contributed by atoms with Gasteiger partial charge in [-0.2, -0.15) is 5.10 Å². The Labute approximate surface area is 111 Å². The molecular formula is C13H17N3OS. The van der Waals surface area contributed by atoms with Crippen molar-refractivity contribution in [1.82, 2.24) is 15.1 Å². The van der Waals surface area contributed by atoms with E-state index in [1.165, 1.54) is 4.88 Å². The summed E-state index contributed by atoms with van der Waals surface area (Å²) < 4.78 is 0. The van der Waals surface area contributed by atoms with E-state index in [2.05, 4.69) is 23.2 Å². The molecule has 0 aliphatic heterocycles. The predicted octanol–water partition coefficient (Wildman–Crippen LogP) is 2.62. The van der Waals surface area contributed by atoms with Crippen LogP contribution in [0.15, 0.2) is 29.9 Å². The standard InChI is InChI=1S/C13H17N3OS/c1-10(12-4-3-7-18-12)16(2)13(17)6-5-11-8-14-15-9-11/h3-4,7-10H,5-6H2,1-2H3,(H,14,15). The van der Waals surface area contributed by atoms with E-state index in [0.717, 1.165) is 12.0 Å². The summed E-state index contributed by atoms with van der Waals surface area (Å²) in [6, 6.07) is 4.22. The predicted molar refractivity (Wildman–Crippen MR) is 72.4 cm³/mol. The van der Waals surface area contributed by atoms with Gasteiger partial charge in [0.1, 0.15) is 0 Å². The summed E-state index contributed by atoms with van der Waals surface area (Å²) in [4.78, 5) is 15.1. The average molecular weight is 263 g/mol. The van der Waals surface area contributed by atoms with Crippen LogP contribution in [0.3, 0.4) is 0 Å². The number of carbonyl (C=O) groups is 1. The van der Waals surface area contributed by atoms with Gasteiger partial charge in [-0.05, 0) is 30.4 Å². The Bertz CT molecular complexity index is 478. The minimum absolute atomic E-state index is 0.141. The Morgan fingerprint density at radius 2 is 2.44 bits per heavy atom. The van der Waals surface area contributed by atoms with Crippen LogP contribution >= 0.6 is 11.3 Å². The smallest absolute Gasteiger partial charge is 0.223 e. The number of H-pyrrole nitrogens is 1. The number of amides is 1. The summed E-state index contributed by atoms with van der Waals surface area (Å²) in [5.41, 5.74) is 1.07. The van der Waals surface area contributed by atoms with Crippen molar-refractivity contribution in [2.75, 3.05) is 7.05 Å². The summed E-state index contributed by atoms with van der Waals surface area (Å²) in [6.45, 7) is 2.06. The highest BCUT2D eigenvalue weighted by atomic mass is 32.1. The van der Waals surface area contributed by atoms with Gasteiger partial charge in [-0.25, -0.2) is 0 Å². The van der Waals surface area contributed by atoms with Crippen molar-refractivity contribution in [3.63, 3.8) is 0 Å². The topological polar surface area (TPSA) is 49.0 Å². The number of nitrogens with zero attached hydrogens (tertiary/aromatic N) is 2. The molecule has 4 nitrogen and oxygen atoms in total. The molecule has 1 atom stereocenters. The fraction of sp³-hybridized carbons (Fsp3) is 0.385. The number of aromatic nitrogens is 2. The van der Waals surface area contributed by atoms with Crippen LogP contribution in [0, 0.1) is 0 Å². The molecule has 1 N–H and O–H groups in total. The maximum atomic E-state index is 12.1. The molecule has 1 unspecified atom stereocenters. The number of hydrogen-bond acceptors (Lipinski definition) is 3. The quantitative estimate of drug-likeness (QED) is 0.901. The highest BCUT2D eigenvalue weighted by molar-refractivity contribution is 7.10. The lowest BCUT2D eigenvalue weighted by Crippen LogP contribution is -2.29. The highest BCUT2D eigenvalue weighted by Gasteiger charge is 2.17.